The quantitative estimate of drug-likeness (QED) is 0.408. The van der Waals surface area contributed by atoms with Gasteiger partial charge in [0.25, 0.3) is 0 Å². The van der Waals surface area contributed by atoms with Crippen LogP contribution in [0.1, 0.15) is 5.69 Å². The molecule has 0 spiro atoms. The Balaban J connectivity index is 1.65. The molecule has 0 fully saturated rings. The topological polar surface area (TPSA) is 103 Å². The van der Waals surface area contributed by atoms with Crippen LogP contribution in [0.2, 0.25) is 0 Å². The molecule has 4 rings (SSSR count). The van der Waals surface area contributed by atoms with Crippen molar-refractivity contribution >= 4 is 39.4 Å². The van der Waals surface area contributed by atoms with Gasteiger partial charge in [0.1, 0.15) is 16.5 Å². The predicted octanol–water partition coefficient (Wildman–Crippen LogP) is 3.49. The van der Waals surface area contributed by atoms with Crippen molar-refractivity contribution in [1.29, 1.82) is 0 Å². The summed E-state index contributed by atoms with van der Waals surface area (Å²) in [6.45, 7) is 0. The number of nitrogen functional groups attached to an aromatic ring is 1. The van der Waals surface area contributed by atoms with Gasteiger partial charge in [0.05, 0.1) is 35.9 Å². The van der Waals surface area contributed by atoms with E-state index in [9.17, 15) is 4.79 Å². The molecule has 0 radical (unpaired) electrons. The number of methoxy groups -OCH3 is 1. The van der Waals surface area contributed by atoms with Crippen molar-refractivity contribution < 1.29 is 14.3 Å². The normalized spacial score (nSPS) is 15.1. The third-order valence-electron chi connectivity index (χ3n) is 3.92. The number of hydrogen-bond donors (Lipinski definition) is 2. The smallest absolute Gasteiger partial charge is 0.332 e. The van der Waals surface area contributed by atoms with E-state index in [1.54, 1.807) is 36.3 Å². The van der Waals surface area contributed by atoms with Crippen LogP contribution in [0.3, 0.4) is 0 Å². The highest BCUT2D eigenvalue weighted by molar-refractivity contribution is 8.14. The van der Waals surface area contributed by atoms with E-state index >= 15 is 0 Å². The number of rotatable bonds is 4. The number of carbonyl (C=O) groups is 1. The van der Waals surface area contributed by atoms with E-state index < -0.39 is 5.97 Å². The van der Waals surface area contributed by atoms with Gasteiger partial charge in [-0.25, -0.2) is 9.79 Å². The molecule has 0 bridgehead atoms. The van der Waals surface area contributed by atoms with Crippen LogP contribution in [0.15, 0.2) is 59.5 Å². The molecule has 3 aromatic rings. The zero-order valence-electron chi connectivity index (χ0n) is 14.4. The first-order chi connectivity index (χ1) is 13.1. The summed E-state index contributed by atoms with van der Waals surface area (Å²) in [7, 11) is 1.34. The van der Waals surface area contributed by atoms with Crippen molar-refractivity contribution in [3.63, 3.8) is 0 Å². The van der Waals surface area contributed by atoms with Crippen molar-refractivity contribution in [2.45, 2.75) is 0 Å². The summed E-state index contributed by atoms with van der Waals surface area (Å²) in [5.74, 6) is 1.48. The number of ether oxygens (including phenoxy) is 2. The van der Waals surface area contributed by atoms with Gasteiger partial charge in [-0.2, -0.15) is 0 Å². The zero-order valence-corrected chi connectivity index (χ0v) is 15.2. The third-order valence-corrected chi connectivity index (χ3v) is 4.95. The Labute approximate surface area is 159 Å². The number of nitrogens with zero attached hydrogens (tertiary/aromatic N) is 2. The molecule has 136 valence electrons. The number of H-pyrrole nitrogens is 1. The number of esters is 1. The van der Waals surface area contributed by atoms with Gasteiger partial charge in [0, 0.05) is 29.5 Å². The number of pyridine rings is 1. The molecule has 1 aromatic carbocycles. The second-order valence-corrected chi connectivity index (χ2v) is 6.78. The van der Waals surface area contributed by atoms with E-state index in [-0.39, 0.29) is 0 Å². The van der Waals surface area contributed by atoms with Crippen molar-refractivity contribution in [3.05, 3.63) is 60.2 Å². The summed E-state index contributed by atoms with van der Waals surface area (Å²) < 4.78 is 10.5. The molecular weight excluding hydrogens is 364 g/mol. The van der Waals surface area contributed by atoms with Crippen LogP contribution in [0.5, 0.6) is 11.5 Å². The minimum absolute atomic E-state index is 0.409. The van der Waals surface area contributed by atoms with Crippen LogP contribution in [0, 0.1) is 0 Å². The maximum atomic E-state index is 11.4. The number of nitrogens with one attached hydrogen (secondary N) is 1. The minimum Gasteiger partial charge on any atom is -0.466 e. The second kappa shape index (κ2) is 7.16. The number of thioether (sulfide) groups is 1. The maximum Gasteiger partial charge on any atom is 0.332 e. The maximum absolute atomic E-state index is 11.4. The Morgan fingerprint density at radius 2 is 2.22 bits per heavy atom. The number of benzene rings is 1. The summed E-state index contributed by atoms with van der Waals surface area (Å²) in [6.07, 6.45) is 4.73. The monoisotopic (exact) mass is 380 g/mol. The number of anilines is 1. The number of nitrogens with two attached hydrogens (primary N) is 1. The van der Waals surface area contributed by atoms with Crippen molar-refractivity contribution in [2.24, 2.45) is 4.99 Å². The van der Waals surface area contributed by atoms with Gasteiger partial charge in [-0.3, -0.25) is 4.98 Å². The Hall–Kier alpha value is -3.26. The van der Waals surface area contributed by atoms with Crippen LogP contribution < -0.4 is 10.5 Å². The van der Waals surface area contributed by atoms with Crippen molar-refractivity contribution in [3.8, 4) is 11.5 Å². The van der Waals surface area contributed by atoms with Crippen LogP contribution in [-0.2, 0) is 9.53 Å². The van der Waals surface area contributed by atoms with Crippen LogP contribution in [0.4, 0.5) is 5.69 Å². The standard InChI is InChI=1S/C19H16N4O3S/c1-25-17(24)7-12-10-27-19(22-12)16-6-11-5-14(8-15(20)18(11)23-16)26-13-3-2-4-21-9-13/h2-9,23H,10,20H2,1H3/b12-7+. The van der Waals surface area contributed by atoms with Crippen molar-refractivity contribution in [1.82, 2.24) is 9.97 Å². The van der Waals surface area contributed by atoms with Gasteiger partial charge in [-0.1, -0.05) is 11.8 Å². The average molecular weight is 380 g/mol. The summed E-state index contributed by atoms with van der Waals surface area (Å²) >= 11 is 1.55. The summed E-state index contributed by atoms with van der Waals surface area (Å²) in [5, 5.41) is 1.72. The molecule has 1 aliphatic heterocycles. The van der Waals surface area contributed by atoms with Gasteiger partial charge >= 0.3 is 5.97 Å². The SMILES string of the molecule is COC(=O)/C=C1\CSC(c2cc3cc(Oc4cccnc4)cc(N)c3[nH]2)=N1. The van der Waals surface area contributed by atoms with Crippen molar-refractivity contribution in [2.75, 3.05) is 18.6 Å². The molecule has 3 N–H and O–H groups in total. The second-order valence-electron chi connectivity index (χ2n) is 5.81. The number of fused-ring (bicyclic) bond motifs is 1. The lowest BCUT2D eigenvalue weighted by Crippen LogP contribution is -1.96. The molecule has 8 heteroatoms. The average Bonchev–Trinajstić information content (AvgIpc) is 3.29. The fraction of sp³-hybridized carbons (Fsp3) is 0.105. The van der Waals surface area contributed by atoms with Crippen LogP contribution in [0.25, 0.3) is 10.9 Å². The molecular formula is C19H16N4O3S. The minimum atomic E-state index is -0.409. The summed E-state index contributed by atoms with van der Waals surface area (Å²) in [5.41, 5.74) is 9.10. The van der Waals surface area contributed by atoms with Crippen LogP contribution in [-0.4, -0.2) is 33.8 Å². The van der Waals surface area contributed by atoms with E-state index in [0.717, 1.165) is 21.6 Å². The van der Waals surface area contributed by atoms with Gasteiger partial charge in [0.2, 0.25) is 0 Å². The lowest BCUT2D eigenvalue weighted by Gasteiger charge is -2.06. The van der Waals surface area contributed by atoms with Gasteiger partial charge in [-0.05, 0) is 24.3 Å². The Bertz CT molecular complexity index is 1070. The third kappa shape index (κ3) is 3.65. The molecule has 0 aliphatic carbocycles. The number of hydrogen-bond acceptors (Lipinski definition) is 7. The predicted molar refractivity (Wildman–Crippen MR) is 106 cm³/mol. The molecule has 0 unspecified atom stereocenters. The molecule has 0 saturated carbocycles. The van der Waals surface area contributed by atoms with E-state index in [1.807, 2.05) is 18.2 Å². The zero-order chi connectivity index (χ0) is 18.8. The van der Waals surface area contributed by atoms with E-state index in [0.29, 0.717) is 28.6 Å². The van der Waals surface area contributed by atoms with Gasteiger partial charge in [0.15, 0.2) is 0 Å². The Morgan fingerprint density at radius 3 is 3.00 bits per heavy atom. The summed E-state index contributed by atoms with van der Waals surface area (Å²) in [6, 6.07) is 9.27. The lowest BCUT2D eigenvalue weighted by atomic mass is 10.2. The fourth-order valence-corrected chi connectivity index (χ4v) is 3.59. The molecule has 0 atom stereocenters. The van der Waals surface area contributed by atoms with E-state index in [4.69, 9.17) is 10.5 Å². The first-order valence-electron chi connectivity index (χ1n) is 8.13. The molecule has 2 aromatic heterocycles. The molecule has 27 heavy (non-hydrogen) atoms. The highest BCUT2D eigenvalue weighted by Gasteiger charge is 2.18. The highest BCUT2D eigenvalue weighted by Crippen LogP contribution is 2.33. The van der Waals surface area contributed by atoms with Crippen LogP contribution >= 0.6 is 11.8 Å². The Kier molecular flexibility index (Phi) is 4.55. The molecule has 0 saturated heterocycles. The Morgan fingerprint density at radius 1 is 1.33 bits per heavy atom. The van der Waals surface area contributed by atoms with E-state index in [1.165, 1.54) is 13.2 Å². The van der Waals surface area contributed by atoms with Gasteiger partial charge in [-0.15, -0.1) is 0 Å². The van der Waals surface area contributed by atoms with E-state index in [2.05, 4.69) is 19.7 Å². The molecule has 3 heterocycles. The first kappa shape index (κ1) is 17.2. The molecule has 7 nitrogen and oxygen atoms in total. The van der Waals surface area contributed by atoms with Gasteiger partial charge < -0.3 is 20.2 Å². The largest absolute Gasteiger partial charge is 0.466 e. The number of carbonyl (C=O) groups excluding carboxylic acids is 1. The first-order valence-corrected chi connectivity index (χ1v) is 9.11. The highest BCUT2D eigenvalue weighted by atomic mass is 32.2. The summed E-state index contributed by atoms with van der Waals surface area (Å²) in [4.78, 5) is 23.2. The molecule has 1 aliphatic rings. The molecule has 0 amide bonds. The lowest BCUT2D eigenvalue weighted by molar-refractivity contribution is -0.134. The fourth-order valence-electron chi connectivity index (χ4n) is 2.71. The number of aromatic amines is 1. The number of aliphatic imine (C=N–C) groups is 1. The number of aromatic nitrogens is 2.